The van der Waals surface area contributed by atoms with E-state index in [2.05, 4.69) is 31.8 Å². The Labute approximate surface area is 164 Å². The Morgan fingerprint density at radius 2 is 2.00 bits per heavy atom. The Hall–Kier alpha value is -2.80. The molecule has 1 aliphatic rings. The van der Waals surface area contributed by atoms with Gasteiger partial charge < -0.3 is 9.42 Å². The Balaban J connectivity index is 1.45. The van der Waals surface area contributed by atoms with E-state index in [-0.39, 0.29) is 11.9 Å². The van der Waals surface area contributed by atoms with Gasteiger partial charge in [0.2, 0.25) is 11.7 Å². The molecule has 1 atom stereocenters. The van der Waals surface area contributed by atoms with Crippen molar-refractivity contribution in [1.29, 1.82) is 0 Å². The summed E-state index contributed by atoms with van der Waals surface area (Å²) in [6, 6.07) is 11.0. The number of hydrogen-bond donors (Lipinski definition) is 0. The van der Waals surface area contributed by atoms with Crippen molar-refractivity contribution in [3.63, 3.8) is 0 Å². The largest absolute Gasteiger partial charge is 0.355 e. The summed E-state index contributed by atoms with van der Waals surface area (Å²) in [4.78, 5) is 13.6. The van der Waals surface area contributed by atoms with Gasteiger partial charge in [0.15, 0.2) is 0 Å². The highest BCUT2D eigenvalue weighted by Crippen LogP contribution is 2.25. The molecular formula is C21H24FN5O. The molecule has 6 nitrogen and oxygen atoms in total. The molecule has 146 valence electrons. The SMILES string of the molecule is Cc1ccc(-c2noc([C@@H](C)N3CCCN(c4ccccn4)CC3)n2)cc1F. The second kappa shape index (κ2) is 8.06. The van der Waals surface area contributed by atoms with Crippen LogP contribution in [0.5, 0.6) is 0 Å². The second-order valence-electron chi connectivity index (χ2n) is 7.16. The van der Waals surface area contributed by atoms with Crippen LogP contribution >= 0.6 is 0 Å². The number of hydrogen-bond acceptors (Lipinski definition) is 6. The van der Waals surface area contributed by atoms with Crippen molar-refractivity contribution in [3.8, 4) is 11.4 Å². The lowest BCUT2D eigenvalue weighted by Gasteiger charge is -2.25. The minimum Gasteiger partial charge on any atom is -0.355 e. The number of anilines is 1. The number of pyridine rings is 1. The molecule has 1 fully saturated rings. The molecule has 0 radical (unpaired) electrons. The van der Waals surface area contributed by atoms with Crippen LogP contribution < -0.4 is 4.90 Å². The second-order valence-corrected chi connectivity index (χ2v) is 7.16. The quantitative estimate of drug-likeness (QED) is 0.684. The predicted molar refractivity (Wildman–Crippen MR) is 105 cm³/mol. The van der Waals surface area contributed by atoms with Crippen molar-refractivity contribution >= 4 is 5.82 Å². The first-order chi connectivity index (χ1) is 13.6. The van der Waals surface area contributed by atoms with Crippen molar-refractivity contribution in [3.05, 3.63) is 59.9 Å². The fraction of sp³-hybridized carbons (Fsp3) is 0.381. The standard InChI is InChI=1S/C21H24FN5O/c1-15-7-8-17(14-18(15)22)20-24-21(28-25-20)16(2)26-10-5-11-27(13-12-26)19-6-3-4-9-23-19/h3-4,6-9,14,16H,5,10-13H2,1-2H3/t16-/m1/s1. The van der Waals surface area contributed by atoms with Gasteiger partial charge in [-0.1, -0.05) is 23.4 Å². The van der Waals surface area contributed by atoms with Gasteiger partial charge in [-0.15, -0.1) is 0 Å². The van der Waals surface area contributed by atoms with Gasteiger partial charge in [0, 0.05) is 37.9 Å². The van der Waals surface area contributed by atoms with Gasteiger partial charge in [0.05, 0.1) is 6.04 Å². The van der Waals surface area contributed by atoms with E-state index in [1.807, 2.05) is 30.5 Å². The Morgan fingerprint density at radius 3 is 2.79 bits per heavy atom. The molecule has 0 spiro atoms. The van der Waals surface area contributed by atoms with Crippen molar-refractivity contribution in [2.24, 2.45) is 0 Å². The smallest absolute Gasteiger partial charge is 0.244 e. The number of benzene rings is 1. The third-order valence-corrected chi connectivity index (χ3v) is 5.28. The zero-order valence-corrected chi connectivity index (χ0v) is 16.2. The molecule has 1 aromatic carbocycles. The summed E-state index contributed by atoms with van der Waals surface area (Å²) < 4.78 is 19.3. The average molecular weight is 381 g/mol. The van der Waals surface area contributed by atoms with Gasteiger partial charge in [-0.25, -0.2) is 9.37 Å². The van der Waals surface area contributed by atoms with Gasteiger partial charge in [0.25, 0.3) is 0 Å². The molecule has 3 heterocycles. The third-order valence-electron chi connectivity index (χ3n) is 5.28. The maximum Gasteiger partial charge on any atom is 0.244 e. The van der Waals surface area contributed by atoms with E-state index in [0.29, 0.717) is 22.8 Å². The minimum absolute atomic E-state index is 0.000211. The normalized spacial score (nSPS) is 16.8. The van der Waals surface area contributed by atoms with Crippen LogP contribution in [0.25, 0.3) is 11.4 Å². The fourth-order valence-corrected chi connectivity index (χ4v) is 3.50. The van der Waals surface area contributed by atoms with E-state index < -0.39 is 0 Å². The van der Waals surface area contributed by atoms with Crippen LogP contribution in [0.4, 0.5) is 10.2 Å². The number of halogens is 1. The van der Waals surface area contributed by atoms with E-state index in [1.54, 1.807) is 13.0 Å². The summed E-state index contributed by atoms with van der Waals surface area (Å²) in [6.07, 6.45) is 2.86. The number of aryl methyl sites for hydroxylation is 1. The van der Waals surface area contributed by atoms with Crippen LogP contribution in [-0.2, 0) is 0 Å². The summed E-state index contributed by atoms with van der Waals surface area (Å²) in [5, 5.41) is 4.06. The Bertz CT molecular complexity index is 930. The third kappa shape index (κ3) is 3.89. The van der Waals surface area contributed by atoms with E-state index >= 15 is 0 Å². The van der Waals surface area contributed by atoms with Crippen LogP contribution in [0.15, 0.2) is 47.1 Å². The van der Waals surface area contributed by atoms with Crippen molar-refractivity contribution in [2.45, 2.75) is 26.3 Å². The van der Waals surface area contributed by atoms with Crippen molar-refractivity contribution in [2.75, 3.05) is 31.1 Å². The van der Waals surface area contributed by atoms with E-state index in [1.165, 1.54) is 6.07 Å². The topological polar surface area (TPSA) is 58.3 Å². The molecule has 1 aliphatic heterocycles. The fourth-order valence-electron chi connectivity index (χ4n) is 3.50. The summed E-state index contributed by atoms with van der Waals surface area (Å²) >= 11 is 0. The van der Waals surface area contributed by atoms with Crippen molar-refractivity contribution in [1.82, 2.24) is 20.0 Å². The maximum absolute atomic E-state index is 13.8. The summed E-state index contributed by atoms with van der Waals surface area (Å²) in [6.45, 7) is 7.50. The van der Waals surface area contributed by atoms with E-state index in [4.69, 9.17) is 4.52 Å². The molecule has 0 N–H and O–H groups in total. The highest BCUT2D eigenvalue weighted by atomic mass is 19.1. The summed E-state index contributed by atoms with van der Waals surface area (Å²) in [7, 11) is 0. The molecule has 0 aliphatic carbocycles. The first kappa shape index (κ1) is 18.6. The van der Waals surface area contributed by atoms with E-state index in [0.717, 1.165) is 38.4 Å². The van der Waals surface area contributed by atoms with Gasteiger partial charge in [0.1, 0.15) is 11.6 Å². The number of aromatic nitrogens is 3. The van der Waals surface area contributed by atoms with Gasteiger partial charge in [-0.05, 0) is 44.0 Å². The number of nitrogens with zero attached hydrogens (tertiary/aromatic N) is 5. The molecule has 0 amide bonds. The minimum atomic E-state index is -0.265. The van der Waals surface area contributed by atoms with Crippen LogP contribution in [0.1, 0.15) is 30.8 Å². The van der Waals surface area contributed by atoms with Crippen LogP contribution in [-0.4, -0.2) is 46.2 Å². The molecule has 0 saturated carbocycles. The van der Waals surface area contributed by atoms with Crippen molar-refractivity contribution < 1.29 is 8.91 Å². The lowest BCUT2D eigenvalue weighted by atomic mass is 10.1. The molecule has 2 aromatic heterocycles. The van der Waals surface area contributed by atoms with Gasteiger partial charge >= 0.3 is 0 Å². The predicted octanol–water partition coefficient (Wildman–Crippen LogP) is 3.85. The molecule has 0 unspecified atom stereocenters. The van der Waals surface area contributed by atoms with E-state index in [9.17, 15) is 4.39 Å². The Kier molecular flexibility index (Phi) is 5.34. The highest BCUT2D eigenvalue weighted by Gasteiger charge is 2.25. The van der Waals surface area contributed by atoms with Crippen LogP contribution in [0, 0.1) is 12.7 Å². The van der Waals surface area contributed by atoms with Crippen LogP contribution in [0.2, 0.25) is 0 Å². The van der Waals surface area contributed by atoms with Gasteiger partial charge in [-0.2, -0.15) is 4.98 Å². The number of rotatable bonds is 4. The first-order valence-corrected chi connectivity index (χ1v) is 9.62. The molecule has 7 heteroatoms. The van der Waals surface area contributed by atoms with Gasteiger partial charge in [-0.3, -0.25) is 4.90 Å². The first-order valence-electron chi connectivity index (χ1n) is 9.62. The summed E-state index contributed by atoms with van der Waals surface area (Å²) in [5.41, 5.74) is 1.23. The Morgan fingerprint density at radius 1 is 1.11 bits per heavy atom. The molecule has 3 aromatic rings. The maximum atomic E-state index is 13.8. The molecule has 0 bridgehead atoms. The zero-order chi connectivity index (χ0) is 19.5. The summed E-state index contributed by atoms with van der Waals surface area (Å²) in [5.74, 6) is 1.73. The lowest BCUT2D eigenvalue weighted by molar-refractivity contribution is 0.184. The highest BCUT2D eigenvalue weighted by molar-refractivity contribution is 5.55. The molecular weight excluding hydrogens is 357 g/mol. The van der Waals surface area contributed by atoms with Crippen LogP contribution in [0.3, 0.4) is 0 Å². The zero-order valence-electron chi connectivity index (χ0n) is 16.2. The molecule has 1 saturated heterocycles. The molecule has 28 heavy (non-hydrogen) atoms. The average Bonchev–Trinajstić information content (AvgIpc) is 3.08. The monoisotopic (exact) mass is 381 g/mol. The lowest BCUT2D eigenvalue weighted by Crippen LogP contribution is -2.33. The molecule has 4 rings (SSSR count).